The number of phenolic OH excluding ortho intramolecular Hbond substituents is 2. The number of ether oxygens (including phenoxy) is 3. The van der Waals surface area contributed by atoms with Crippen LogP contribution < -0.4 is 14.2 Å². The van der Waals surface area contributed by atoms with E-state index in [1.54, 1.807) is 45.6 Å². The minimum absolute atomic E-state index is 0.214. The number of hydrogen-bond donors (Lipinski definition) is 2. The normalized spacial score (nSPS) is 11.0. The second kappa shape index (κ2) is 8.14. The number of rotatable bonds is 6. The molecule has 0 saturated heterocycles. The first-order valence-electron chi connectivity index (χ1n) is 9.87. The third kappa shape index (κ3) is 3.61. The summed E-state index contributed by atoms with van der Waals surface area (Å²) in [6.07, 6.45) is 0. The number of hydrogen-bond acceptors (Lipinski definition) is 5. The van der Waals surface area contributed by atoms with Crippen molar-refractivity contribution in [2.45, 2.75) is 13.5 Å². The Morgan fingerprint density at radius 2 is 1.39 bits per heavy atom. The van der Waals surface area contributed by atoms with Crippen LogP contribution in [0.2, 0.25) is 0 Å². The van der Waals surface area contributed by atoms with Crippen LogP contribution in [0.25, 0.3) is 22.2 Å². The van der Waals surface area contributed by atoms with E-state index in [1.165, 1.54) is 0 Å². The van der Waals surface area contributed by atoms with Crippen molar-refractivity contribution in [3.05, 3.63) is 65.7 Å². The average Bonchev–Trinajstić information content (AvgIpc) is 3.04. The molecule has 0 aliphatic carbocycles. The highest BCUT2D eigenvalue weighted by Crippen LogP contribution is 2.40. The van der Waals surface area contributed by atoms with Gasteiger partial charge in [0.15, 0.2) is 11.5 Å². The van der Waals surface area contributed by atoms with Gasteiger partial charge >= 0.3 is 0 Å². The Morgan fingerprint density at radius 1 is 0.774 bits per heavy atom. The molecule has 6 heteroatoms. The standard InChI is InChI=1S/C25H25NO5/c1-15-20-13-19(28)9-10-21(20)26(24(15)17-5-7-18(27)8-6-17)14-16-11-22(29-2)25(31-4)23(12-16)30-3/h5-13,27-28H,14H2,1-4H3. The summed E-state index contributed by atoms with van der Waals surface area (Å²) in [4.78, 5) is 0. The van der Waals surface area contributed by atoms with E-state index < -0.39 is 0 Å². The maximum absolute atomic E-state index is 10.1. The highest BCUT2D eigenvalue weighted by atomic mass is 16.5. The monoisotopic (exact) mass is 419 g/mol. The van der Waals surface area contributed by atoms with Gasteiger partial charge in [-0.15, -0.1) is 0 Å². The summed E-state index contributed by atoms with van der Waals surface area (Å²) in [5.74, 6) is 2.16. The van der Waals surface area contributed by atoms with Gasteiger partial charge in [0, 0.05) is 17.4 Å². The summed E-state index contributed by atoms with van der Waals surface area (Å²) in [5.41, 5.74) is 4.99. The molecule has 0 aliphatic heterocycles. The largest absolute Gasteiger partial charge is 0.508 e. The SMILES string of the molecule is COc1cc(Cn2c(-c3ccc(O)cc3)c(C)c3cc(O)ccc32)cc(OC)c1OC. The molecular formula is C25H25NO5. The molecule has 0 saturated carbocycles. The van der Waals surface area contributed by atoms with E-state index in [0.717, 1.165) is 33.3 Å². The molecular weight excluding hydrogens is 394 g/mol. The first kappa shape index (κ1) is 20.5. The third-order valence-electron chi connectivity index (χ3n) is 5.51. The van der Waals surface area contributed by atoms with Crippen molar-refractivity contribution < 1.29 is 24.4 Å². The van der Waals surface area contributed by atoms with Crippen LogP contribution in [0.4, 0.5) is 0 Å². The molecule has 1 heterocycles. The molecule has 0 aliphatic rings. The van der Waals surface area contributed by atoms with E-state index in [9.17, 15) is 10.2 Å². The lowest BCUT2D eigenvalue weighted by Gasteiger charge is -2.16. The smallest absolute Gasteiger partial charge is 0.203 e. The Bertz CT molecular complexity index is 1220. The minimum Gasteiger partial charge on any atom is -0.508 e. The number of methoxy groups -OCH3 is 3. The molecule has 0 radical (unpaired) electrons. The van der Waals surface area contributed by atoms with E-state index in [0.29, 0.717) is 23.8 Å². The highest BCUT2D eigenvalue weighted by molar-refractivity contribution is 5.92. The molecule has 0 bridgehead atoms. The zero-order valence-electron chi connectivity index (χ0n) is 18.0. The number of aromatic nitrogens is 1. The second-order valence-corrected chi connectivity index (χ2v) is 7.34. The highest BCUT2D eigenvalue weighted by Gasteiger charge is 2.19. The predicted molar refractivity (Wildman–Crippen MR) is 121 cm³/mol. The zero-order chi connectivity index (χ0) is 22.1. The molecule has 0 atom stereocenters. The second-order valence-electron chi connectivity index (χ2n) is 7.34. The Kier molecular flexibility index (Phi) is 5.38. The van der Waals surface area contributed by atoms with E-state index in [4.69, 9.17) is 14.2 Å². The van der Waals surface area contributed by atoms with E-state index in [-0.39, 0.29) is 11.5 Å². The number of aryl methyl sites for hydroxylation is 1. The van der Waals surface area contributed by atoms with Crippen molar-refractivity contribution in [1.29, 1.82) is 0 Å². The Morgan fingerprint density at radius 3 is 1.97 bits per heavy atom. The van der Waals surface area contributed by atoms with Gasteiger partial charge in [0.1, 0.15) is 11.5 Å². The van der Waals surface area contributed by atoms with Gasteiger partial charge in [-0.3, -0.25) is 0 Å². The van der Waals surface area contributed by atoms with Gasteiger partial charge in [-0.05, 0) is 78.2 Å². The Balaban J connectivity index is 1.93. The zero-order valence-corrected chi connectivity index (χ0v) is 18.0. The van der Waals surface area contributed by atoms with Gasteiger partial charge in [0.05, 0.1) is 27.0 Å². The molecule has 0 unspecified atom stereocenters. The average molecular weight is 419 g/mol. The summed E-state index contributed by atoms with van der Waals surface area (Å²) < 4.78 is 18.7. The van der Waals surface area contributed by atoms with Crippen molar-refractivity contribution in [3.8, 4) is 40.0 Å². The van der Waals surface area contributed by atoms with E-state index in [2.05, 4.69) is 4.57 Å². The molecule has 4 rings (SSSR count). The minimum atomic E-state index is 0.214. The maximum atomic E-state index is 10.1. The molecule has 6 nitrogen and oxygen atoms in total. The van der Waals surface area contributed by atoms with Crippen LogP contribution in [0.1, 0.15) is 11.1 Å². The summed E-state index contributed by atoms with van der Waals surface area (Å²) in [6, 6.07) is 16.4. The fourth-order valence-corrected chi connectivity index (χ4v) is 4.08. The maximum Gasteiger partial charge on any atom is 0.203 e. The summed E-state index contributed by atoms with van der Waals surface area (Å²) >= 11 is 0. The third-order valence-corrected chi connectivity index (χ3v) is 5.51. The van der Waals surface area contributed by atoms with Crippen molar-refractivity contribution in [1.82, 2.24) is 4.57 Å². The van der Waals surface area contributed by atoms with Gasteiger partial charge in [-0.2, -0.15) is 0 Å². The van der Waals surface area contributed by atoms with E-state index in [1.807, 2.05) is 37.3 Å². The number of benzene rings is 3. The van der Waals surface area contributed by atoms with Crippen LogP contribution in [0.3, 0.4) is 0 Å². The molecule has 0 spiro atoms. The first-order chi connectivity index (χ1) is 15.0. The quantitative estimate of drug-likeness (QED) is 0.455. The van der Waals surface area contributed by atoms with Gasteiger partial charge in [0.25, 0.3) is 0 Å². The Hall–Kier alpha value is -3.80. The van der Waals surface area contributed by atoms with Crippen LogP contribution in [-0.4, -0.2) is 36.1 Å². The van der Waals surface area contributed by atoms with Crippen LogP contribution in [0.15, 0.2) is 54.6 Å². The van der Waals surface area contributed by atoms with Crippen molar-refractivity contribution in [2.75, 3.05) is 21.3 Å². The summed E-state index contributed by atoms with van der Waals surface area (Å²) in [7, 11) is 4.78. The summed E-state index contributed by atoms with van der Waals surface area (Å²) in [6.45, 7) is 2.58. The molecule has 2 N–H and O–H groups in total. The Labute approximate surface area is 180 Å². The molecule has 31 heavy (non-hydrogen) atoms. The van der Waals surface area contributed by atoms with Crippen molar-refractivity contribution in [3.63, 3.8) is 0 Å². The van der Waals surface area contributed by atoms with E-state index >= 15 is 0 Å². The van der Waals surface area contributed by atoms with Gasteiger partial charge in [-0.25, -0.2) is 0 Å². The first-order valence-corrected chi connectivity index (χ1v) is 9.87. The van der Waals surface area contributed by atoms with Crippen LogP contribution in [-0.2, 0) is 6.54 Å². The number of fused-ring (bicyclic) bond motifs is 1. The summed E-state index contributed by atoms with van der Waals surface area (Å²) in [5, 5.41) is 20.8. The molecule has 1 aromatic heterocycles. The van der Waals surface area contributed by atoms with Gasteiger partial charge in [0.2, 0.25) is 5.75 Å². The molecule has 3 aromatic carbocycles. The number of nitrogens with zero attached hydrogens (tertiary/aromatic N) is 1. The van der Waals surface area contributed by atoms with Crippen molar-refractivity contribution in [2.24, 2.45) is 0 Å². The van der Waals surface area contributed by atoms with Crippen LogP contribution >= 0.6 is 0 Å². The molecule has 160 valence electrons. The molecule has 4 aromatic rings. The van der Waals surface area contributed by atoms with Crippen LogP contribution in [0, 0.1) is 6.92 Å². The lowest BCUT2D eigenvalue weighted by molar-refractivity contribution is 0.323. The van der Waals surface area contributed by atoms with Gasteiger partial charge in [-0.1, -0.05) is 0 Å². The lowest BCUT2D eigenvalue weighted by Crippen LogP contribution is -2.04. The predicted octanol–water partition coefficient (Wildman–Crippen LogP) is 5.10. The fourth-order valence-electron chi connectivity index (χ4n) is 4.08. The van der Waals surface area contributed by atoms with Crippen molar-refractivity contribution >= 4 is 10.9 Å². The van der Waals surface area contributed by atoms with Gasteiger partial charge < -0.3 is 29.0 Å². The fraction of sp³-hybridized carbons (Fsp3) is 0.200. The number of phenols is 2. The molecule has 0 fully saturated rings. The molecule has 0 amide bonds. The van der Waals surface area contributed by atoms with Crippen LogP contribution in [0.5, 0.6) is 28.7 Å². The topological polar surface area (TPSA) is 73.1 Å². The number of aromatic hydroxyl groups is 2. The lowest BCUT2D eigenvalue weighted by atomic mass is 10.1.